The lowest BCUT2D eigenvalue weighted by Gasteiger charge is -2.25. The van der Waals surface area contributed by atoms with Crippen LogP contribution >= 0.6 is 11.3 Å². The summed E-state index contributed by atoms with van der Waals surface area (Å²) in [5.41, 5.74) is 2.09. The molecule has 0 radical (unpaired) electrons. The molecule has 0 saturated carbocycles. The van der Waals surface area contributed by atoms with Crippen LogP contribution in [-0.4, -0.2) is 26.5 Å². The Balaban J connectivity index is 2.03. The van der Waals surface area contributed by atoms with Gasteiger partial charge in [-0.1, -0.05) is 31.5 Å². The molecular formula is C22H25N3O3S. The number of amides is 1. The SMILES string of the molecule is CC(=O)N1CCc2c(sc3c2c(=O)n(-c2ccc(C)cc2)c(=O)n3CC(C)C)C1. The highest BCUT2D eigenvalue weighted by Crippen LogP contribution is 2.33. The zero-order chi connectivity index (χ0) is 20.9. The molecule has 0 atom stereocenters. The molecule has 0 spiro atoms. The third kappa shape index (κ3) is 3.33. The molecule has 1 aliphatic heterocycles. The number of benzene rings is 1. The number of nitrogens with zero attached hydrogens (tertiary/aromatic N) is 3. The third-order valence-corrected chi connectivity index (χ3v) is 6.65. The zero-order valence-electron chi connectivity index (χ0n) is 17.2. The number of hydrogen-bond donors (Lipinski definition) is 0. The van der Waals surface area contributed by atoms with Crippen molar-refractivity contribution in [3.05, 3.63) is 61.1 Å². The monoisotopic (exact) mass is 411 g/mol. The Morgan fingerprint density at radius 3 is 2.48 bits per heavy atom. The summed E-state index contributed by atoms with van der Waals surface area (Å²) in [5.74, 6) is 0.289. The number of thiophene rings is 1. The van der Waals surface area contributed by atoms with Crippen molar-refractivity contribution in [3.63, 3.8) is 0 Å². The van der Waals surface area contributed by atoms with Crippen molar-refractivity contribution in [1.29, 1.82) is 0 Å². The highest BCUT2D eigenvalue weighted by molar-refractivity contribution is 7.18. The predicted octanol–water partition coefficient (Wildman–Crippen LogP) is 3.08. The summed E-state index contributed by atoms with van der Waals surface area (Å²) in [5, 5.41) is 0.633. The molecule has 2 aromatic heterocycles. The Labute approximate surface area is 173 Å². The fourth-order valence-electron chi connectivity index (χ4n) is 3.92. The molecule has 7 heteroatoms. The molecule has 0 saturated heterocycles. The first kappa shape index (κ1) is 19.6. The van der Waals surface area contributed by atoms with Gasteiger partial charge in [0.15, 0.2) is 0 Å². The molecule has 1 amide bonds. The van der Waals surface area contributed by atoms with E-state index in [4.69, 9.17) is 0 Å². The van der Waals surface area contributed by atoms with Crippen molar-refractivity contribution in [2.75, 3.05) is 6.54 Å². The lowest BCUT2D eigenvalue weighted by molar-refractivity contribution is -0.129. The van der Waals surface area contributed by atoms with Crippen molar-refractivity contribution < 1.29 is 4.79 Å². The van der Waals surface area contributed by atoms with Crippen LogP contribution in [0.1, 0.15) is 36.8 Å². The Morgan fingerprint density at radius 2 is 1.86 bits per heavy atom. The lowest BCUT2D eigenvalue weighted by Crippen LogP contribution is -2.39. The standard InChI is InChI=1S/C22H25N3O3S/c1-13(2)11-24-21-19(17-9-10-23(15(4)26)12-18(17)29-21)20(27)25(22(24)28)16-7-5-14(3)6-8-16/h5-8,13H,9-12H2,1-4H3. The minimum absolute atomic E-state index is 0.0322. The van der Waals surface area contributed by atoms with Gasteiger partial charge < -0.3 is 4.90 Å². The normalized spacial score (nSPS) is 13.9. The third-order valence-electron chi connectivity index (χ3n) is 5.41. The van der Waals surface area contributed by atoms with E-state index in [2.05, 4.69) is 13.8 Å². The van der Waals surface area contributed by atoms with Crippen LogP contribution in [0, 0.1) is 12.8 Å². The van der Waals surface area contributed by atoms with Crippen molar-refractivity contribution >= 4 is 27.5 Å². The molecule has 29 heavy (non-hydrogen) atoms. The number of carbonyl (C=O) groups is 1. The van der Waals surface area contributed by atoms with Gasteiger partial charge in [-0.05, 0) is 37.0 Å². The second-order valence-corrected chi connectivity index (χ2v) is 9.22. The Bertz CT molecular complexity index is 1220. The molecule has 0 unspecified atom stereocenters. The molecular weight excluding hydrogens is 386 g/mol. The van der Waals surface area contributed by atoms with Gasteiger partial charge in [0.25, 0.3) is 5.56 Å². The maximum atomic E-state index is 13.5. The first-order valence-corrected chi connectivity index (χ1v) is 10.7. The maximum absolute atomic E-state index is 13.5. The highest BCUT2D eigenvalue weighted by Gasteiger charge is 2.27. The molecule has 0 N–H and O–H groups in total. The summed E-state index contributed by atoms with van der Waals surface area (Å²) in [6.07, 6.45) is 0.637. The van der Waals surface area contributed by atoms with Crippen molar-refractivity contribution in [2.24, 2.45) is 5.92 Å². The first-order chi connectivity index (χ1) is 13.8. The summed E-state index contributed by atoms with van der Waals surface area (Å²) < 4.78 is 3.04. The summed E-state index contributed by atoms with van der Waals surface area (Å²) in [4.78, 5) is 42.2. The number of aromatic nitrogens is 2. The van der Waals surface area contributed by atoms with E-state index in [1.807, 2.05) is 31.2 Å². The van der Waals surface area contributed by atoms with E-state index in [9.17, 15) is 14.4 Å². The van der Waals surface area contributed by atoms with E-state index >= 15 is 0 Å². The number of fused-ring (bicyclic) bond motifs is 3. The minimum atomic E-state index is -0.304. The van der Waals surface area contributed by atoms with Crippen LogP contribution in [0.5, 0.6) is 0 Å². The van der Waals surface area contributed by atoms with E-state index in [-0.39, 0.29) is 23.1 Å². The van der Waals surface area contributed by atoms with E-state index in [1.54, 1.807) is 16.4 Å². The van der Waals surface area contributed by atoms with Crippen LogP contribution in [0.4, 0.5) is 0 Å². The number of carbonyl (C=O) groups excluding carboxylic acids is 1. The second kappa shape index (κ2) is 7.30. The van der Waals surface area contributed by atoms with E-state index in [1.165, 1.54) is 15.9 Å². The van der Waals surface area contributed by atoms with Crippen LogP contribution in [0.3, 0.4) is 0 Å². The van der Waals surface area contributed by atoms with Gasteiger partial charge in [0, 0.05) is 24.9 Å². The number of aryl methyl sites for hydroxylation is 1. The van der Waals surface area contributed by atoms with Gasteiger partial charge in [-0.25, -0.2) is 9.36 Å². The average Bonchev–Trinajstić information content (AvgIpc) is 3.05. The van der Waals surface area contributed by atoms with Crippen molar-refractivity contribution in [3.8, 4) is 5.69 Å². The van der Waals surface area contributed by atoms with E-state index in [0.717, 1.165) is 20.8 Å². The average molecular weight is 412 g/mol. The van der Waals surface area contributed by atoms with Crippen molar-refractivity contribution in [1.82, 2.24) is 14.0 Å². The highest BCUT2D eigenvalue weighted by atomic mass is 32.1. The van der Waals surface area contributed by atoms with Gasteiger partial charge in [0.2, 0.25) is 5.91 Å². The summed E-state index contributed by atoms with van der Waals surface area (Å²) in [6, 6.07) is 7.46. The van der Waals surface area contributed by atoms with Crippen molar-refractivity contribution in [2.45, 2.75) is 47.2 Å². The fraction of sp³-hybridized carbons (Fsp3) is 0.409. The van der Waals surface area contributed by atoms with Crippen LogP contribution in [0.15, 0.2) is 33.9 Å². The van der Waals surface area contributed by atoms with E-state index in [0.29, 0.717) is 37.1 Å². The van der Waals surface area contributed by atoms with Crippen LogP contribution < -0.4 is 11.2 Å². The topological polar surface area (TPSA) is 64.3 Å². The fourth-order valence-corrected chi connectivity index (χ4v) is 5.28. The van der Waals surface area contributed by atoms with Gasteiger partial charge >= 0.3 is 5.69 Å². The molecule has 6 nitrogen and oxygen atoms in total. The van der Waals surface area contributed by atoms with Crippen LogP contribution in [0.2, 0.25) is 0 Å². The Morgan fingerprint density at radius 1 is 1.17 bits per heavy atom. The summed E-state index contributed by atoms with van der Waals surface area (Å²) >= 11 is 1.48. The molecule has 0 aliphatic carbocycles. The quantitative estimate of drug-likeness (QED) is 0.665. The van der Waals surface area contributed by atoms with Crippen LogP contribution in [-0.2, 0) is 24.3 Å². The van der Waals surface area contributed by atoms with Crippen LogP contribution in [0.25, 0.3) is 15.9 Å². The Kier molecular flexibility index (Phi) is 4.94. The molecule has 0 fully saturated rings. The predicted molar refractivity (Wildman–Crippen MR) is 116 cm³/mol. The summed E-state index contributed by atoms with van der Waals surface area (Å²) in [7, 11) is 0. The van der Waals surface area contributed by atoms with Gasteiger partial charge in [-0.3, -0.25) is 14.2 Å². The lowest BCUT2D eigenvalue weighted by atomic mass is 10.1. The zero-order valence-corrected chi connectivity index (χ0v) is 18.0. The molecule has 0 bridgehead atoms. The van der Waals surface area contributed by atoms with E-state index < -0.39 is 0 Å². The van der Waals surface area contributed by atoms with Gasteiger partial charge in [0.05, 0.1) is 17.6 Å². The maximum Gasteiger partial charge on any atom is 0.336 e. The molecule has 1 aromatic carbocycles. The van der Waals surface area contributed by atoms with Gasteiger partial charge in [-0.15, -0.1) is 11.3 Å². The van der Waals surface area contributed by atoms with Gasteiger partial charge in [-0.2, -0.15) is 0 Å². The number of hydrogen-bond acceptors (Lipinski definition) is 4. The first-order valence-electron chi connectivity index (χ1n) is 9.90. The molecule has 1 aliphatic rings. The minimum Gasteiger partial charge on any atom is -0.337 e. The van der Waals surface area contributed by atoms with Gasteiger partial charge in [0.1, 0.15) is 4.83 Å². The Hall–Kier alpha value is -2.67. The summed E-state index contributed by atoms with van der Waals surface area (Å²) in [6.45, 7) is 9.30. The second-order valence-electron chi connectivity index (χ2n) is 8.14. The number of rotatable bonds is 3. The molecule has 3 heterocycles. The molecule has 152 valence electrons. The largest absolute Gasteiger partial charge is 0.337 e. The molecule has 4 rings (SSSR count). The molecule has 3 aromatic rings. The smallest absolute Gasteiger partial charge is 0.336 e.